The van der Waals surface area contributed by atoms with Crippen LogP contribution in [0.15, 0.2) is 59.4 Å². The summed E-state index contributed by atoms with van der Waals surface area (Å²) in [5.74, 6) is 0.260. The zero-order valence-corrected chi connectivity index (χ0v) is 23.4. The van der Waals surface area contributed by atoms with Gasteiger partial charge < -0.3 is 18.5 Å². The average Bonchev–Trinajstić information content (AvgIpc) is 3.31. The van der Waals surface area contributed by atoms with Crippen molar-refractivity contribution in [1.82, 2.24) is 9.55 Å². The Labute approximate surface area is 236 Å². The van der Waals surface area contributed by atoms with Gasteiger partial charge in [-0.1, -0.05) is 41.3 Å². The molecule has 0 radical (unpaired) electrons. The molecule has 0 atom stereocenters. The minimum Gasteiger partial charge on any atom is -0.490 e. The van der Waals surface area contributed by atoms with Crippen molar-refractivity contribution in [3.63, 3.8) is 0 Å². The van der Waals surface area contributed by atoms with Crippen molar-refractivity contribution < 1.29 is 21.2 Å². The van der Waals surface area contributed by atoms with Crippen LogP contribution in [0.4, 0.5) is 3.89 Å². The van der Waals surface area contributed by atoms with E-state index in [4.69, 9.17) is 4.74 Å². The van der Waals surface area contributed by atoms with Gasteiger partial charge in [0.15, 0.2) is 5.43 Å². The van der Waals surface area contributed by atoms with Crippen molar-refractivity contribution in [1.29, 1.82) is 5.26 Å². The largest absolute Gasteiger partial charge is 0.490 e. The molecule has 8 nitrogen and oxygen atoms in total. The fraction of sp³-hybridized carbons (Fsp3) is 0.290. The number of rotatable bonds is 6. The second-order valence-corrected chi connectivity index (χ2v) is 11.7. The molecule has 6 rings (SSSR count). The molecule has 2 aromatic heterocycles. The minimum absolute atomic E-state index is 0.133. The van der Waals surface area contributed by atoms with Gasteiger partial charge in [-0.2, -0.15) is 13.7 Å². The fourth-order valence-corrected chi connectivity index (χ4v) is 6.33. The van der Waals surface area contributed by atoms with Crippen LogP contribution in [-0.4, -0.2) is 24.1 Å². The topological polar surface area (TPSA) is 114 Å². The fourth-order valence-electron chi connectivity index (χ4n) is 5.99. The summed E-state index contributed by atoms with van der Waals surface area (Å²) in [6.07, 6.45) is 4.96. The third-order valence-corrected chi connectivity index (χ3v) is 8.01. The van der Waals surface area contributed by atoms with Gasteiger partial charge in [0.25, 0.3) is 0 Å². The summed E-state index contributed by atoms with van der Waals surface area (Å²) in [6, 6.07) is 17.3. The normalized spacial score (nSPS) is 14.6. The first-order chi connectivity index (χ1) is 19.6. The number of nitrogens with one attached hydrogen (secondary N) is 1. The first-order valence-corrected chi connectivity index (χ1v) is 14.9. The number of pyridine rings is 1. The molecule has 1 aliphatic carbocycles. The lowest BCUT2D eigenvalue weighted by Gasteiger charge is -2.28. The van der Waals surface area contributed by atoms with Gasteiger partial charge in [-0.05, 0) is 68.7 Å². The molecule has 0 amide bonds. The Morgan fingerprint density at radius 1 is 1.05 bits per heavy atom. The van der Waals surface area contributed by atoms with Crippen LogP contribution in [0.1, 0.15) is 57.6 Å². The van der Waals surface area contributed by atoms with Crippen LogP contribution >= 0.6 is 0 Å². The van der Waals surface area contributed by atoms with Gasteiger partial charge in [0.1, 0.15) is 17.1 Å². The summed E-state index contributed by atoms with van der Waals surface area (Å²) in [5.41, 5.74) is 3.62. The van der Waals surface area contributed by atoms with Crippen LogP contribution in [0.25, 0.3) is 44.0 Å². The first kappa shape index (κ1) is 26.8. The molecule has 10 heteroatoms. The average molecular weight is 574 g/mol. The van der Waals surface area contributed by atoms with E-state index in [-0.39, 0.29) is 23.3 Å². The zero-order valence-electron chi connectivity index (χ0n) is 22.6. The minimum atomic E-state index is -5.21. The van der Waals surface area contributed by atoms with E-state index in [1.807, 2.05) is 26.0 Å². The lowest BCUT2D eigenvalue weighted by molar-refractivity contribution is 0.244. The molecule has 1 saturated carbocycles. The van der Waals surface area contributed by atoms with Gasteiger partial charge >= 0.3 is 10.5 Å². The second kappa shape index (κ2) is 10.2. The molecule has 2 heterocycles. The molecule has 41 heavy (non-hydrogen) atoms. The third kappa shape index (κ3) is 5.02. The lowest BCUT2D eigenvalue weighted by Crippen LogP contribution is -2.19. The molecule has 0 saturated heterocycles. The summed E-state index contributed by atoms with van der Waals surface area (Å²) < 4.78 is 48.5. The van der Waals surface area contributed by atoms with E-state index in [2.05, 4.69) is 19.8 Å². The number of nitrogens with zero attached hydrogens (tertiary/aromatic N) is 2. The summed E-state index contributed by atoms with van der Waals surface area (Å²) in [5, 5.41) is 11.3. The second-order valence-electron chi connectivity index (χ2n) is 10.7. The van der Waals surface area contributed by atoms with Gasteiger partial charge in [0.2, 0.25) is 0 Å². The van der Waals surface area contributed by atoms with E-state index in [9.17, 15) is 22.4 Å². The standard InChI is InChI=1S/C31H28FN3O5S/c1-18(2)39-28-16-25-27(15-24(28)20-7-6-10-22(14-20)40-41(32,37)38)35(21-8-4-3-5-9-21)31-29(30(25)36)23-12-11-19(17-33)13-26(23)34-31/h6-7,10-16,18,21,34H,3-5,8-9H2,1-2H3. The smallest absolute Gasteiger partial charge is 0.488 e. The van der Waals surface area contributed by atoms with Crippen LogP contribution in [-0.2, 0) is 10.5 Å². The Bertz CT molecular complexity index is 2030. The predicted octanol–water partition coefficient (Wildman–Crippen LogP) is 7.06. The van der Waals surface area contributed by atoms with Crippen molar-refractivity contribution in [3.8, 4) is 28.7 Å². The lowest BCUT2D eigenvalue weighted by atomic mass is 9.93. The number of hydrogen-bond donors (Lipinski definition) is 1. The predicted molar refractivity (Wildman–Crippen MR) is 156 cm³/mol. The van der Waals surface area contributed by atoms with E-state index < -0.39 is 10.5 Å². The summed E-state index contributed by atoms with van der Waals surface area (Å²) in [6.45, 7) is 3.75. The van der Waals surface area contributed by atoms with Crippen LogP contribution in [0.3, 0.4) is 0 Å². The van der Waals surface area contributed by atoms with Crippen molar-refractivity contribution in [2.24, 2.45) is 0 Å². The highest BCUT2D eigenvalue weighted by atomic mass is 32.3. The maximum absolute atomic E-state index is 14.2. The summed E-state index contributed by atoms with van der Waals surface area (Å²) in [4.78, 5) is 17.6. The Balaban J connectivity index is 1.70. The van der Waals surface area contributed by atoms with E-state index in [1.165, 1.54) is 12.1 Å². The van der Waals surface area contributed by atoms with Gasteiger partial charge in [0, 0.05) is 22.5 Å². The van der Waals surface area contributed by atoms with E-state index in [0.29, 0.717) is 49.9 Å². The highest BCUT2D eigenvalue weighted by Crippen LogP contribution is 2.40. The van der Waals surface area contributed by atoms with E-state index in [1.54, 1.807) is 30.3 Å². The third-order valence-electron chi connectivity index (χ3n) is 7.62. The summed E-state index contributed by atoms with van der Waals surface area (Å²) in [7, 11) is -5.21. The van der Waals surface area contributed by atoms with Crippen molar-refractivity contribution in [2.75, 3.05) is 0 Å². The van der Waals surface area contributed by atoms with Crippen LogP contribution < -0.4 is 14.3 Å². The number of fused-ring (bicyclic) bond motifs is 4. The Hall–Kier alpha value is -4.36. The molecule has 0 bridgehead atoms. The molecule has 1 N–H and O–H groups in total. The molecular formula is C31H28FN3O5S. The number of aromatic amines is 1. The molecule has 0 aliphatic heterocycles. The van der Waals surface area contributed by atoms with E-state index >= 15 is 0 Å². The van der Waals surface area contributed by atoms with Crippen molar-refractivity contribution in [2.45, 2.75) is 58.1 Å². The van der Waals surface area contributed by atoms with Crippen LogP contribution in [0.2, 0.25) is 0 Å². The monoisotopic (exact) mass is 573 g/mol. The number of nitriles is 1. The maximum atomic E-state index is 14.2. The quantitative estimate of drug-likeness (QED) is 0.218. The highest BCUT2D eigenvalue weighted by molar-refractivity contribution is 7.81. The molecule has 3 aromatic carbocycles. The number of ether oxygens (including phenoxy) is 1. The zero-order chi connectivity index (χ0) is 28.9. The number of aromatic nitrogens is 2. The first-order valence-electron chi connectivity index (χ1n) is 13.6. The Kier molecular flexibility index (Phi) is 6.70. The SMILES string of the molecule is CC(C)Oc1cc2c(=O)c3c4ccc(C#N)cc4[nH]c3n(C3CCCCC3)c2cc1-c1cccc(OS(=O)(=O)F)c1. The Morgan fingerprint density at radius 3 is 2.54 bits per heavy atom. The number of halogens is 1. The molecular weight excluding hydrogens is 545 g/mol. The van der Waals surface area contributed by atoms with E-state index in [0.717, 1.165) is 37.5 Å². The molecule has 0 unspecified atom stereocenters. The number of benzene rings is 3. The van der Waals surface area contributed by atoms with Crippen molar-refractivity contribution >= 4 is 43.3 Å². The van der Waals surface area contributed by atoms with Crippen LogP contribution in [0.5, 0.6) is 11.5 Å². The van der Waals surface area contributed by atoms with Crippen LogP contribution in [0, 0.1) is 11.3 Å². The molecule has 5 aromatic rings. The molecule has 1 aliphatic rings. The van der Waals surface area contributed by atoms with Gasteiger partial charge in [0.05, 0.1) is 34.0 Å². The number of hydrogen-bond acceptors (Lipinski definition) is 6. The van der Waals surface area contributed by atoms with Gasteiger partial charge in [-0.3, -0.25) is 4.79 Å². The molecule has 1 fully saturated rings. The summed E-state index contributed by atoms with van der Waals surface area (Å²) >= 11 is 0. The maximum Gasteiger partial charge on any atom is 0.488 e. The highest BCUT2D eigenvalue weighted by Gasteiger charge is 2.25. The molecule has 0 spiro atoms. The van der Waals surface area contributed by atoms with Gasteiger partial charge in [-0.15, -0.1) is 0 Å². The Morgan fingerprint density at radius 2 is 1.83 bits per heavy atom. The van der Waals surface area contributed by atoms with Gasteiger partial charge in [-0.25, -0.2) is 0 Å². The molecule has 210 valence electrons. The number of H-pyrrole nitrogens is 1. The van der Waals surface area contributed by atoms with Crippen molar-refractivity contribution in [3.05, 3.63) is 70.4 Å².